The van der Waals surface area contributed by atoms with E-state index in [9.17, 15) is 9.59 Å². The molecule has 8 nitrogen and oxygen atoms in total. The predicted molar refractivity (Wildman–Crippen MR) is 143 cm³/mol. The van der Waals surface area contributed by atoms with Gasteiger partial charge in [0.2, 0.25) is 5.91 Å². The fourth-order valence-electron chi connectivity index (χ4n) is 4.70. The second kappa shape index (κ2) is 12.0. The molecule has 2 aliphatic rings. The minimum atomic E-state index is -0.157. The molecule has 200 valence electrons. The second-order valence-corrected chi connectivity index (χ2v) is 10.3. The number of carbonyl (C=O) groups is 2. The Labute approximate surface area is 219 Å². The first kappa shape index (κ1) is 26.9. The van der Waals surface area contributed by atoms with Gasteiger partial charge in [-0.2, -0.15) is 0 Å². The first-order valence-corrected chi connectivity index (χ1v) is 13.0. The van der Waals surface area contributed by atoms with Crippen LogP contribution < -0.4 is 14.8 Å². The number of hydrogen-bond acceptors (Lipinski definition) is 6. The Balaban J connectivity index is 1.60. The minimum absolute atomic E-state index is 0.00546. The van der Waals surface area contributed by atoms with Crippen LogP contribution in [-0.2, 0) is 16.1 Å². The van der Waals surface area contributed by atoms with Crippen LogP contribution in [0, 0.1) is 11.8 Å². The van der Waals surface area contributed by atoms with Gasteiger partial charge in [-0.25, -0.2) is 0 Å². The van der Waals surface area contributed by atoms with Crippen LogP contribution in [0.4, 0.5) is 5.69 Å². The molecule has 8 heteroatoms. The van der Waals surface area contributed by atoms with Crippen LogP contribution in [0.15, 0.2) is 42.5 Å². The van der Waals surface area contributed by atoms with Gasteiger partial charge in [0.15, 0.2) is 0 Å². The van der Waals surface area contributed by atoms with Gasteiger partial charge in [0.05, 0.1) is 18.8 Å². The molecule has 0 saturated heterocycles. The van der Waals surface area contributed by atoms with E-state index in [2.05, 4.69) is 36.2 Å². The van der Waals surface area contributed by atoms with Crippen LogP contribution in [0.3, 0.4) is 0 Å². The summed E-state index contributed by atoms with van der Waals surface area (Å²) >= 11 is 0. The molecule has 0 unspecified atom stereocenters. The number of nitrogens with one attached hydrogen (secondary N) is 1. The Morgan fingerprint density at radius 2 is 1.81 bits per heavy atom. The molecule has 0 radical (unpaired) electrons. The van der Waals surface area contributed by atoms with E-state index in [-0.39, 0.29) is 35.8 Å². The molecule has 37 heavy (non-hydrogen) atoms. The average Bonchev–Trinajstić information content (AvgIpc) is 3.75. The maximum absolute atomic E-state index is 13.5. The van der Waals surface area contributed by atoms with Crippen molar-refractivity contribution in [1.29, 1.82) is 0 Å². The number of likely N-dealkylation sites (N-methyl/N-ethyl adjacent to an activating group) is 1. The molecule has 2 aromatic rings. The van der Waals surface area contributed by atoms with E-state index in [4.69, 9.17) is 14.2 Å². The highest BCUT2D eigenvalue weighted by Gasteiger charge is 2.31. The van der Waals surface area contributed by atoms with Gasteiger partial charge in [0.1, 0.15) is 18.1 Å². The molecule has 2 amide bonds. The summed E-state index contributed by atoms with van der Waals surface area (Å²) in [5.74, 6) is 1.45. The molecule has 4 rings (SSSR count). The number of fused-ring (bicyclic) bond motifs is 1. The lowest BCUT2D eigenvalue weighted by Gasteiger charge is -2.36. The summed E-state index contributed by atoms with van der Waals surface area (Å²) in [6.45, 7) is 6.70. The van der Waals surface area contributed by atoms with Gasteiger partial charge in [-0.3, -0.25) is 14.5 Å². The fourth-order valence-corrected chi connectivity index (χ4v) is 4.70. The first-order valence-electron chi connectivity index (χ1n) is 13.0. The molecule has 1 N–H and O–H groups in total. The molecule has 3 atom stereocenters. The van der Waals surface area contributed by atoms with Crippen LogP contribution in [0.2, 0.25) is 0 Å². The highest BCUT2D eigenvalue weighted by Crippen LogP contribution is 2.32. The van der Waals surface area contributed by atoms with Crippen molar-refractivity contribution in [3.8, 4) is 11.5 Å². The summed E-state index contributed by atoms with van der Waals surface area (Å²) in [4.78, 5) is 29.9. The quantitative estimate of drug-likeness (QED) is 0.633. The van der Waals surface area contributed by atoms with E-state index in [0.717, 1.165) is 31.7 Å². The van der Waals surface area contributed by atoms with E-state index >= 15 is 0 Å². The Hall–Kier alpha value is -3.10. The van der Waals surface area contributed by atoms with Crippen molar-refractivity contribution >= 4 is 17.5 Å². The van der Waals surface area contributed by atoms with Crippen molar-refractivity contribution in [2.24, 2.45) is 11.8 Å². The molecule has 0 bridgehead atoms. The number of anilines is 1. The maximum Gasteiger partial charge on any atom is 0.257 e. The molecule has 0 spiro atoms. The molecular formula is C29H39N3O5. The number of methoxy groups -OCH3 is 2. The second-order valence-electron chi connectivity index (χ2n) is 10.3. The van der Waals surface area contributed by atoms with Crippen molar-refractivity contribution in [3.05, 3.63) is 53.6 Å². The number of benzene rings is 2. The summed E-state index contributed by atoms with van der Waals surface area (Å²) < 4.78 is 17.4. The van der Waals surface area contributed by atoms with Crippen molar-refractivity contribution in [2.45, 2.75) is 45.4 Å². The van der Waals surface area contributed by atoms with Gasteiger partial charge >= 0.3 is 0 Å². The van der Waals surface area contributed by atoms with Gasteiger partial charge in [0.25, 0.3) is 5.91 Å². The van der Waals surface area contributed by atoms with Gasteiger partial charge < -0.3 is 24.4 Å². The molecule has 2 aromatic carbocycles. The zero-order valence-corrected chi connectivity index (χ0v) is 22.5. The zero-order valence-electron chi connectivity index (χ0n) is 22.5. The highest BCUT2D eigenvalue weighted by molar-refractivity contribution is 6.00. The Kier molecular flexibility index (Phi) is 8.71. The molecule has 1 heterocycles. The predicted octanol–water partition coefficient (Wildman–Crippen LogP) is 4.05. The van der Waals surface area contributed by atoms with Crippen LogP contribution >= 0.6 is 0 Å². The topological polar surface area (TPSA) is 80.3 Å². The van der Waals surface area contributed by atoms with E-state index in [1.165, 1.54) is 5.56 Å². The SMILES string of the molecule is COc1ccc(CN2C[C@H](C)[C@H](OC)CN(C)C(=O)c3cc(NC(=O)C4CC4)ccc3OC[C@@H]2C)cc1. The maximum atomic E-state index is 13.5. The van der Waals surface area contributed by atoms with Crippen LogP contribution in [0.1, 0.15) is 42.6 Å². The third-order valence-electron chi connectivity index (χ3n) is 7.33. The van der Waals surface area contributed by atoms with Crippen LogP contribution in [0.5, 0.6) is 11.5 Å². The average molecular weight is 510 g/mol. The van der Waals surface area contributed by atoms with Crippen molar-refractivity contribution < 1.29 is 23.8 Å². The Morgan fingerprint density at radius 1 is 1.08 bits per heavy atom. The highest BCUT2D eigenvalue weighted by atomic mass is 16.5. The summed E-state index contributed by atoms with van der Waals surface area (Å²) in [5, 5.41) is 2.95. The monoisotopic (exact) mass is 509 g/mol. The molecule has 1 fully saturated rings. The third-order valence-corrected chi connectivity index (χ3v) is 7.33. The number of rotatable bonds is 6. The summed E-state index contributed by atoms with van der Waals surface area (Å²) in [5.41, 5.74) is 2.23. The molecule has 1 aliphatic carbocycles. The van der Waals surface area contributed by atoms with Crippen molar-refractivity contribution in [1.82, 2.24) is 9.80 Å². The van der Waals surface area contributed by atoms with Gasteiger partial charge in [0, 0.05) is 51.4 Å². The number of carbonyl (C=O) groups excluding carboxylic acids is 2. The zero-order chi connectivity index (χ0) is 26.5. The molecule has 0 aromatic heterocycles. The summed E-state index contributed by atoms with van der Waals surface area (Å²) in [7, 11) is 5.15. The van der Waals surface area contributed by atoms with Gasteiger partial charge in [-0.15, -0.1) is 0 Å². The lowest BCUT2D eigenvalue weighted by Crippen LogP contribution is -2.46. The smallest absolute Gasteiger partial charge is 0.257 e. The number of ether oxygens (including phenoxy) is 3. The first-order chi connectivity index (χ1) is 17.8. The van der Waals surface area contributed by atoms with Gasteiger partial charge in [-0.05, 0) is 61.6 Å². The van der Waals surface area contributed by atoms with Crippen LogP contribution in [0.25, 0.3) is 0 Å². The lowest BCUT2D eigenvalue weighted by atomic mass is 10.0. The van der Waals surface area contributed by atoms with E-state index in [1.807, 2.05) is 12.1 Å². The van der Waals surface area contributed by atoms with E-state index in [1.54, 1.807) is 44.4 Å². The molecule has 1 aliphatic heterocycles. The van der Waals surface area contributed by atoms with Crippen molar-refractivity contribution in [3.63, 3.8) is 0 Å². The molecular weight excluding hydrogens is 470 g/mol. The summed E-state index contributed by atoms with van der Waals surface area (Å²) in [6, 6.07) is 13.5. The largest absolute Gasteiger partial charge is 0.497 e. The minimum Gasteiger partial charge on any atom is -0.497 e. The summed E-state index contributed by atoms with van der Waals surface area (Å²) in [6.07, 6.45) is 1.70. The van der Waals surface area contributed by atoms with Crippen LogP contribution in [-0.4, -0.2) is 74.7 Å². The molecule has 1 saturated carbocycles. The fraction of sp³-hybridized carbons (Fsp3) is 0.517. The number of amides is 2. The Bertz CT molecular complexity index is 1090. The van der Waals surface area contributed by atoms with Crippen molar-refractivity contribution in [2.75, 3.05) is 46.3 Å². The number of nitrogens with zero attached hydrogens (tertiary/aromatic N) is 2. The standard InChI is InChI=1S/C29H39N3O5/c1-19-15-32(16-21-6-11-24(35-4)12-7-21)20(2)18-37-26-13-10-23(30-28(33)22-8-9-22)14-25(26)29(34)31(3)17-27(19)36-5/h6-7,10-14,19-20,22,27H,8-9,15-18H2,1-5H3,(H,30,33)/t19-,20-,27+/m0/s1. The number of hydrogen-bond donors (Lipinski definition) is 1. The van der Waals surface area contributed by atoms with E-state index in [0.29, 0.717) is 30.2 Å². The normalized spacial score (nSPS) is 23.3. The van der Waals surface area contributed by atoms with Gasteiger partial charge in [-0.1, -0.05) is 19.1 Å². The van der Waals surface area contributed by atoms with E-state index < -0.39 is 0 Å². The Morgan fingerprint density at radius 3 is 2.46 bits per heavy atom. The third kappa shape index (κ3) is 6.81. The lowest BCUT2D eigenvalue weighted by molar-refractivity contribution is -0.117.